The van der Waals surface area contributed by atoms with Crippen LogP contribution in [0.3, 0.4) is 0 Å². The molecule has 1 amide bonds. The molecular weight excluding hydrogens is 274 g/mol. The summed E-state index contributed by atoms with van der Waals surface area (Å²) in [5, 5.41) is 6.22. The van der Waals surface area contributed by atoms with Crippen LogP contribution < -0.4 is 15.5 Å². The first kappa shape index (κ1) is 15.9. The van der Waals surface area contributed by atoms with E-state index in [9.17, 15) is 4.79 Å². The summed E-state index contributed by atoms with van der Waals surface area (Å²) in [5.74, 6) is 0.00740. The molecule has 4 heteroatoms. The zero-order chi connectivity index (χ0) is 16.1. The van der Waals surface area contributed by atoms with E-state index in [4.69, 9.17) is 0 Å². The predicted molar refractivity (Wildman–Crippen MR) is 94.0 cm³/mol. The van der Waals surface area contributed by atoms with Gasteiger partial charge in [0.25, 0.3) is 0 Å². The van der Waals surface area contributed by atoms with Crippen molar-refractivity contribution in [3.63, 3.8) is 0 Å². The van der Waals surface area contributed by atoms with Crippen molar-refractivity contribution in [1.82, 2.24) is 0 Å². The third kappa shape index (κ3) is 4.25. The molecule has 2 aromatic rings. The van der Waals surface area contributed by atoms with Crippen molar-refractivity contribution in [3.05, 3.63) is 48.5 Å². The Hall–Kier alpha value is -2.49. The first-order valence-electron chi connectivity index (χ1n) is 7.41. The van der Waals surface area contributed by atoms with E-state index in [1.165, 1.54) is 0 Å². The quantitative estimate of drug-likeness (QED) is 0.873. The van der Waals surface area contributed by atoms with Crippen molar-refractivity contribution in [2.75, 3.05) is 29.6 Å². The zero-order valence-corrected chi connectivity index (χ0v) is 13.6. The number of amides is 1. The molecule has 116 valence electrons. The van der Waals surface area contributed by atoms with Crippen LogP contribution in [-0.4, -0.2) is 20.0 Å². The fraction of sp³-hybridized carbons (Fsp3) is 0.278. The van der Waals surface area contributed by atoms with Gasteiger partial charge in [-0.3, -0.25) is 4.79 Å². The maximum absolute atomic E-state index is 11.6. The highest BCUT2D eigenvalue weighted by atomic mass is 16.1. The molecule has 2 aromatic carbocycles. The van der Waals surface area contributed by atoms with Gasteiger partial charge in [-0.05, 0) is 48.5 Å². The van der Waals surface area contributed by atoms with Crippen molar-refractivity contribution < 1.29 is 4.79 Å². The van der Waals surface area contributed by atoms with E-state index in [2.05, 4.69) is 27.7 Å². The highest BCUT2D eigenvalue weighted by molar-refractivity contribution is 5.92. The highest BCUT2D eigenvalue weighted by Gasteiger charge is 2.06. The topological polar surface area (TPSA) is 44.4 Å². The molecule has 0 spiro atoms. The summed E-state index contributed by atoms with van der Waals surface area (Å²) >= 11 is 0. The van der Waals surface area contributed by atoms with Gasteiger partial charge in [-0.25, -0.2) is 0 Å². The number of rotatable bonds is 5. The number of nitrogens with zero attached hydrogens (tertiary/aromatic N) is 1. The molecule has 0 unspecified atom stereocenters. The first-order valence-corrected chi connectivity index (χ1v) is 7.41. The molecule has 0 saturated heterocycles. The van der Waals surface area contributed by atoms with Crippen molar-refractivity contribution in [2.24, 2.45) is 5.92 Å². The second-order valence-corrected chi connectivity index (χ2v) is 5.79. The molecule has 0 aromatic heterocycles. The third-order valence-electron chi connectivity index (χ3n) is 3.35. The number of carbonyl (C=O) groups is 1. The fourth-order valence-corrected chi connectivity index (χ4v) is 1.93. The molecule has 0 aliphatic rings. The van der Waals surface area contributed by atoms with Crippen LogP contribution in [0, 0.1) is 5.92 Å². The highest BCUT2D eigenvalue weighted by Crippen LogP contribution is 2.21. The number of anilines is 4. The van der Waals surface area contributed by atoms with E-state index < -0.39 is 0 Å². The molecule has 0 bridgehead atoms. The molecule has 2 N–H and O–H groups in total. The van der Waals surface area contributed by atoms with Crippen LogP contribution in [0.25, 0.3) is 0 Å². The Morgan fingerprint density at radius 3 is 1.77 bits per heavy atom. The summed E-state index contributed by atoms with van der Waals surface area (Å²) in [4.78, 5) is 13.7. The molecule has 0 heterocycles. The van der Waals surface area contributed by atoms with Crippen LogP contribution in [0.2, 0.25) is 0 Å². The van der Waals surface area contributed by atoms with Gasteiger partial charge < -0.3 is 15.5 Å². The van der Waals surface area contributed by atoms with Crippen molar-refractivity contribution in [3.8, 4) is 0 Å². The zero-order valence-electron chi connectivity index (χ0n) is 13.6. The van der Waals surface area contributed by atoms with Gasteiger partial charge in [0.15, 0.2) is 0 Å². The SMILES string of the molecule is CC(C)C(=O)Nc1ccc(Nc2ccc(N(C)C)cc2)cc1. The normalized spacial score (nSPS) is 10.4. The lowest BCUT2D eigenvalue weighted by Crippen LogP contribution is -2.17. The fourth-order valence-electron chi connectivity index (χ4n) is 1.93. The van der Waals surface area contributed by atoms with Crippen LogP contribution in [0.5, 0.6) is 0 Å². The summed E-state index contributed by atoms with van der Waals surface area (Å²) in [7, 11) is 4.04. The first-order chi connectivity index (χ1) is 10.5. The maximum atomic E-state index is 11.6. The summed E-state index contributed by atoms with van der Waals surface area (Å²) < 4.78 is 0. The number of hydrogen-bond acceptors (Lipinski definition) is 3. The molecular formula is C18H23N3O. The minimum absolute atomic E-state index is 0.0204. The molecule has 0 saturated carbocycles. The van der Waals surface area contributed by atoms with Crippen molar-refractivity contribution in [1.29, 1.82) is 0 Å². The summed E-state index contributed by atoms with van der Waals surface area (Å²) in [6.45, 7) is 3.76. The van der Waals surface area contributed by atoms with Gasteiger partial charge >= 0.3 is 0 Å². The van der Waals surface area contributed by atoms with E-state index in [0.29, 0.717) is 0 Å². The van der Waals surface area contributed by atoms with E-state index in [1.807, 2.05) is 64.3 Å². The van der Waals surface area contributed by atoms with Crippen molar-refractivity contribution >= 4 is 28.7 Å². The summed E-state index contributed by atoms with van der Waals surface area (Å²) in [6, 6.07) is 15.9. The molecule has 0 aliphatic heterocycles. The van der Waals surface area contributed by atoms with Gasteiger partial charge in [-0.2, -0.15) is 0 Å². The third-order valence-corrected chi connectivity index (χ3v) is 3.35. The molecule has 22 heavy (non-hydrogen) atoms. The minimum Gasteiger partial charge on any atom is -0.378 e. The molecule has 0 radical (unpaired) electrons. The lowest BCUT2D eigenvalue weighted by Gasteiger charge is -2.13. The lowest BCUT2D eigenvalue weighted by molar-refractivity contribution is -0.118. The van der Waals surface area contributed by atoms with Crippen LogP contribution >= 0.6 is 0 Å². The summed E-state index contributed by atoms with van der Waals surface area (Å²) in [5.41, 5.74) is 3.99. The Morgan fingerprint density at radius 1 is 0.864 bits per heavy atom. The van der Waals surface area contributed by atoms with E-state index in [0.717, 1.165) is 22.7 Å². The smallest absolute Gasteiger partial charge is 0.226 e. The Kier molecular flexibility index (Phi) is 5.04. The Morgan fingerprint density at radius 2 is 1.32 bits per heavy atom. The molecule has 4 nitrogen and oxygen atoms in total. The molecule has 0 fully saturated rings. The number of hydrogen-bond donors (Lipinski definition) is 2. The van der Waals surface area contributed by atoms with Gasteiger partial charge in [0.1, 0.15) is 0 Å². The Balaban J connectivity index is 2.00. The molecule has 0 atom stereocenters. The number of benzene rings is 2. The average molecular weight is 297 g/mol. The minimum atomic E-state index is -0.0204. The van der Waals surface area contributed by atoms with Crippen LogP contribution in [0.1, 0.15) is 13.8 Å². The van der Waals surface area contributed by atoms with Crippen LogP contribution in [0.4, 0.5) is 22.7 Å². The predicted octanol–water partition coefficient (Wildman–Crippen LogP) is 4.09. The lowest BCUT2D eigenvalue weighted by atomic mass is 10.2. The largest absolute Gasteiger partial charge is 0.378 e. The Bertz CT molecular complexity index is 616. The Labute approximate surface area is 132 Å². The van der Waals surface area contributed by atoms with Crippen LogP contribution in [-0.2, 0) is 4.79 Å². The molecule has 2 rings (SSSR count). The van der Waals surface area contributed by atoms with E-state index >= 15 is 0 Å². The van der Waals surface area contributed by atoms with Gasteiger partial charge in [-0.15, -0.1) is 0 Å². The van der Waals surface area contributed by atoms with Crippen molar-refractivity contribution in [2.45, 2.75) is 13.8 Å². The van der Waals surface area contributed by atoms with Gasteiger partial charge in [-0.1, -0.05) is 13.8 Å². The monoisotopic (exact) mass is 297 g/mol. The average Bonchev–Trinajstić information content (AvgIpc) is 2.49. The van der Waals surface area contributed by atoms with Gasteiger partial charge in [0, 0.05) is 42.8 Å². The molecule has 0 aliphatic carbocycles. The number of carbonyl (C=O) groups excluding carboxylic acids is 1. The maximum Gasteiger partial charge on any atom is 0.226 e. The summed E-state index contributed by atoms with van der Waals surface area (Å²) in [6.07, 6.45) is 0. The van der Waals surface area contributed by atoms with Gasteiger partial charge in [0.2, 0.25) is 5.91 Å². The number of nitrogens with one attached hydrogen (secondary N) is 2. The second kappa shape index (κ2) is 6.98. The van der Waals surface area contributed by atoms with E-state index in [-0.39, 0.29) is 11.8 Å². The second-order valence-electron chi connectivity index (χ2n) is 5.79. The standard InChI is InChI=1S/C18H23N3O/c1-13(2)18(22)20-16-7-5-14(6-8-16)19-15-9-11-17(12-10-15)21(3)4/h5-13,19H,1-4H3,(H,20,22). The van der Waals surface area contributed by atoms with Gasteiger partial charge in [0.05, 0.1) is 0 Å². The van der Waals surface area contributed by atoms with Crippen LogP contribution in [0.15, 0.2) is 48.5 Å². The van der Waals surface area contributed by atoms with E-state index in [1.54, 1.807) is 0 Å².